The van der Waals surface area contributed by atoms with Gasteiger partial charge in [-0.2, -0.15) is 15.0 Å². The lowest BCUT2D eigenvalue weighted by Gasteiger charge is -2.32. The SMILES string of the molecule is CC(C)C(N(C)c1ccccc1)n1nc2ccccc2n1. The van der Waals surface area contributed by atoms with E-state index in [1.54, 1.807) is 0 Å². The fraction of sp³-hybridized carbons (Fsp3) is 0.294. The van der Waals surface area contributed by atoms with E-state index in [4.69, 9.17) is 0 Å². The van der Waals surface area contributed by atoms with Crippen LogP contribution in [-0.4, -0.2) is 22.0 Å². The van der Waals surface area contributed by atoms with Crippen molar-refractivity contribution in [1.29, 1.82) is 0 Å². The molecule has 0 aliphatic rings. The highest BCUT2D eigenvalue weighted by Crippen LogP contribution is 2.26. The molecule has 0 aliphatic heterocycles. The molecule has 1 atom stereocenters. The van der Waals surface area contributed by atoms with Crippen molar-refractivity contribution in [3.63, 3.8) is 0 Å². The quantitative estimate of drug-likeness (QED) is 0.730. The van der Waals surface area contributed by atoms with Gasteiger partial charge >= 0.3 is 0 Å². The molecule has 4 heteroatoms. The average molecular weight is 280 g/mol. The topological polar surface area (TPSA) is 34.0 Å². The number of benzene rings is 2. The molecule has 0 N–H and O–H groups in total. The van der Waals surface area contributed by atoms with Gasteiger partial charge in [-0.1, -0.05) is 44.2 Å². The van der Waals surface area contributed by atoms with Crippen LogP contribution < -0.4 is 4.90 Å². The molecule has 2 aromatic carbocycles. The van der Waals surface area contributed by atoms with Gasteiger partial charge in [-0.25, -0.2) is 0 Å². The van der Waals surface area contributed by atoms with Gasteiger partial charge in [0.2, 0.25) is 0 Å². The predicted molar refractivity (Wildman–Crippen MR) is 86.2 cm³/mol. The van der Waals surface area contributed by atoms with E-state index in [2.05, 4.69) is 60.3 Å². The summed E-state index contributed by atoms with van der Waals surface area (Å²) in [5.41, 5.74) is 3.03. The minimum absolute atomic E-state index is 0.0831. The summed E-state index contributed by atoms with van der Waals surface area (Å²) in [7, 11) is 2.09. The van der Waals surface area contributed by atoms with Crippen LogP contribution in [0.4, 0.5) is 5.69 Å². The molecular formula is C17H20N4. The maximum atomic E-state index is 4.64. The molecule has 0 saturated heterocycles. The number of hydrogen-bond acceptors (Lipinski definition) is 3. The highest BCUT2D eigenvalue weighted by atomic mass is 15.5. The minimum atomic E-state index is 0.0831. The van der Waals surface area contributed by atoms with E-state index in [0.29, 0.717) is 5.92 Å². The fourth-order valence-electron chi connectivity index (χ4n) is 2.68. The lowest BCUT2D eigenvalue weighted by Crippen LogP contribution is -2.34. The Morgan fingerprint density at radius 3 is 1.90 bits per heavy atom. The molecule has 0 spiro atoms. The third-order valence-corrected chi connectivity index (χ3v) is 3.70. The summed E-state index contributed by atoms with van der Waals surface area (Å²) in [5.74, 6) is 0.386. The predicted octanol–water partition coefficient (Wildman–Crippen LogP) is 3.72. The molecule has 21 heavy (non-hydrogen) atoms. The van der Waals surface area contributed by atoms with Crippen LogP contribution in [-0.2, 0) is 0 Å². The van der Waals surface area contributed by atoms with E-state index < -0.39 is 0 Å². The van der Waals surface area contributed by atoms with Crippen LogP contribution >= 0.6 is 0 Å². The van der Waals surface area contributed by atoms with Gasteiger partial charge < -0.3 is 4.90 Å². The highest BCUT2D eigenvalue weighted by Gasteiger charge is 2.23. The van der Waals surface area contributed by atoms with Gasteiger partial charge in [-0.15, -0.1) is 0 Å². The first-order valence-electron chi connectivity index (χ1n) is 7.26. The van der Waals surface area contributed by atoms with E-state index in [-0.39, 0.29) is 6.17 Å². The summed E-state index contributed by atoms with van der Waals surface area (Å²) in [4.78, 5) is 4.06. The van der Waals surface area contributed by atoms with Gasteiger partial charge in [0.25, 0.3) is 0 Å². The second-order valence-corrected chi connectivity index (χ2v) is 5.61. The van der Waals surface area contributed by atoms with Crippen LogP contribution in [0.5, 0.6) is 0 Å². The molecule has 3 aromatic rings. The number of para-hydroxylation sites is 1. The normalized spacial score (nSPS) is 12.8. The second kappa shape index (κ2) is 5.56. The second-order valence-electron chi connectivity index (χ2n) is 5.61. The number of fused-ring (bicyclic) bond motifs is 1. The van der Waals surface area contributed by atoms with Crippen LogP contribution in [0.1, 0.15) is 20.0 Å². The van der Waals surface area contributed by atoms with E-state index in [9.17, 15) is 0 Å². The number of aromatic nitrogens is 3. The maximum Gasteiger partial charge on any atom is 0.145 e. The largest absolute Gasteiger partial charge is 0.351 e. The summed E-state index contributed by atoms with van der Waals surface area (Å²) >= 11 is 0. The summed E-state index contributed by atoms with van der Waals surface area (Å²) in [6, 6.07) is 18.3. The lowest BCUT2D eigenvalue weighted by molar-refractivity contribution is 0.312. The van der Waals surface area contributed by atoms with Gasteiger partial charge in [-0.3, -0.25) is 0 Å². The Morgan fingerprint density at radius 2 is 1.38 bits per heavy atom. The summed E-state index contributed by atoms with van der Waals surface area (Å²) in [6.07, 6.45) is 0.0831. The molecule has 108 valence electrons. The van der Waals surface area contributed by atoms with Crippen LogP contribution in [0.15, 0.2) is 54.6 Å². The smallest absolute Gasteiger partial charge is 0.145 e. The van der Waals surface area contributed by atoms with Crippen molar-refractivity contribution in [3.8, 4) is 0 Å². The number of nitrogens with zero attached hydrogens (tertiary/aromatic N) is 4. The molecule has 0 saturated carbocycles. The van der Waals surface area contributed by atoms with Crippen LogP contribution in [0.25, 0.3) is 11.0 Å². The van der Waals surface area contributed by atoms with E-state index >= 15 is 0 Å². The highest BCUT2D eigenvalue weighted by molar-refractivity contribution is 5.73. The Kier molecular flexibility index (Phi) is 3.60. The van der Waals surface area contributed by atoms with E-state index in [1.165, 1.54) is 0 Å². The Morgan fingerprint density at radius 1 is 0.857 bits per heavy atom. The Bertz CT molecular complexity index is 685. The van der Waals surface area contributed by atoms with Crippen LogP contribution in [0.2, 0.25) is 0 Å². The van der Waals surface area contributed by atoms with Crippen molar-refractivity contribution in [3.05, 3.63) is 54.6 Å². The summed E-state index contributed by atoms with van der Waals surface area (Å²) in [5, 5.41) is 9.29. The first kappa shape index (κ1) is 13.6. The van der Waals surface area contributed by atoms with E-state index in [0.717, 1.165) is 16.7 Å². The molecule has 0 aliphatic carbocycles. The maximum absolute atomic E-state index is 4.64. The van der Waals surface area contributed by atoms with Gasteiger partial charge in [0.05, 0.1) is 0 Å². The standard InChI is InChI=1S/C17H20N4/c1-13(2)17(20(3)14-9-5-4-6-10-14)21-18-15-11-7-8-12-16(15)19-21/h4-13,17H,1-3H3. The summed E-state index contributed by atoms with van der Waals surface area (Å²) < 4.78 is 0. The van der Waals surface area contributed by atoms with Crippen molar-refractivity contribution in [1.82, 2.24) is 15.0 Å². The first-order valence-corrected chi connectivity index (χ1v) is 7.26. The zero-order valence-electron chi connectivity index (χ0n) is 12.6. The molecule has 1 heterocycles. The first-order chi connectivity index (χ1) is 10.2. The van der Waals surface area contributed by atoms with Crippen molar-refractivity contribution < 1.29 is 0 Å². The van der Waals surface area contributed by atoms with Crippen molar-refractivity contribution in [2.75, 3.05) is 11.9 Å². The molecule has 0 amide bonds. The Balaban J connectivity index is 2.01. The number of rotatable bonds is 4. The third-order valence-electron chi connectivity index (χ3n) is 3.70. The zero-order valence-corrected chi connectivity index (χ0v) is 12.6. The molecule has 1 unspecified atom stereocenters. The van der Waals surface area contributed by atoms with Crippen LogP contribution in [0.3, 0.4) is 0 Å². The van der Waals surface area contributed by atoms with Crippen molar-refractivity contribution >= 4 is 16.7 Å². The molecular weight excluding hydrogens is 260 g/mol. The zero-order chi connectivity index (χ0) is 14.8. The summed E-state index contributed by atoms with van der Waals surface area (Å²) in [6.45, 7) is 4.39. The molecule has 3 rings (SSSR count). The van der Waals surface area contributed by atoms with E-state index in [1.807, 2.05) is 35.1 Å². The molecule has 0 radical (unpaired) electrons. The van der Waals surface area contributed by atoms with Gasteiger partial charge in [-0.05, 0) is 30.2 Å². The minimum Gasteiger partial charge on any atom is -0.351 e. The van der Waals surface area contributed by atoms with Gasteiger partial charge in [0.15, 0.2) is 0 Å². The van der Waals surface area contributed by atoms with Crippen molar-refractivity contribution in [2.24, 2.45) is 5.92 Å². The third kappa shape index (κ3) is 2.61. The molecule has 0 fully saturated rings. The average Bonchev–Trinajstić information content (AvgIpc) is 2.91. The van der Waals surface area contributed by atoms with Crippen LogP contribution in [0, 0.1) is 5.92 Å². The number of anilines is 1. The monoisotopic (exact) mass is 280 g/mol. The Labute approximate surface area is 125 Å². The fourth-order valence-corrected chi connectivity index (χ4v) is 2.68. The molecule has 0 bridgehead atoms. The van der Waals surface area contributed by atoms with Gasteiger partial charge in [0, 0.05) is 12.7 Å². The Hall–Kier alpha value is -2.36. The number of hydrogen-bond donors (Lipinski definition) is 0. The molecule has 4 nitrogen and oxygen atoms in total. The van der Waals surface area contributed by atoms with Gasteiger partial charge in [0.1, 0.15) is 17.2 Å². The lowest BCUT2D eigenvalue weighted by atomic mass is 10.1. The van der Waals surface area contributed by atoms with Crippen molar-refractivity contribution in [2.45, 2.75) is 20.0 Å². The molecule has 1 aromatic heterocycles.